The van der Waals surface area contributed by atoms with Crippen LogP contribution in [0.3, 0.4) is 0 Å². The number of fused-ring (bicyclic) bond motifs is 1. The number of allylic oxidation sites excluding steroid dienone is 2. The van der Waals surface area contributed by atoms with Gasteiger partial charge in [-0.2, -0.15) is 10.2 Å². The Balaban J connectivity index is 1.50. The van der Waals surface area contributed by atoms with Crippen LogP contribution in [-0.4, -0.2) is 33.8 Å². The number of hydrazone groups is 2. The molecular formula is C22H26N6O2. The quantitative estimate of drug-likeness (QED) is 0.538. The molecule has 0 unspecified atom stereocenters. The van der Waals surface area contributed by atoms with Gasteiger partial charge in [0.05, 0.1) is 25.0 Å². The highest BCUT2D eigenvalue weighted by Gasteiger charge is 2.25. The van der Waals surface area contributed by atoms with Crippen LogP contribution in [-0.2, 0) is 9.47 Å². The minimum absolute atomic E-state index is 0.423. The summed E-state index contributed by atoms with van der Waals surface area (Å²) in [5.74, 6) is 1.14. The van der Waals surface area contributed by atoms with Gasteiger partial charge in [0.2, 0.25) is 0 Å². The van der Waals surface area contributed by atoms with Gasteiger partial charge in [-0.1, -0.05) is 24.3 Å². The number of nitrogens with zero attached hydrogens (tertiary/aromatic N) is 4. The lowest BCUT2D eigenvalue weighted by Crippen LogP contribution is -2.30. The molecule has 3 heterocycles. The van der Waals surface area contributed by atoms with Crippen molar-refractivity contribution in [2.45, 2.75) is 50.7 Å². The van der Waals surface area contributed by atoms with Gasteiger partial charge in [-0.15, -0.1) is 10.2 Å². The van der Waals surface area contributed by atoms with E-state index in [0.717, 1.165) is 36.5 Å². The molecule has 0 amide bonds. The van der Waals surface area contributed by atoms with Gasteiger partial charge in [-0.05, 0) is 51.7 Å². The standard InChI is InChI=1S/C22H26N6O2/c1-21(11-5-7-13-29-21)15-23-25-19-17-9-3-4-10-18(17)20(28-27-19)26-24-16-22(2)12-6-8-14-30-22/h3-4,7-10,13-16H,5-6,11-12H2,1-2H3,(H,25,27)(H,26,28)/b23-15+,24-16+/t21-,22+. The van der Waals surface area contributed by atoms with Crippen molar-refractivity contribution in [1.82, 2.24) is 10.2 Å². The van der Waals surface area contributed by atoms with E-state index < -0.39 is 11.2 Å². The zero-order chi connectivity index (χ0) is 20.9. The number of ether oxygens (including phenoxy) is 2. The van der Waals surface area contributed by atoms with Gasteiger partial charge in [0.25, 0.3) is 0 Å². The van der Waals surface area contributed by atoms with E-state index in [1.165, 1.54) is 0 Å². The van der Waals surface area contributed by atoms with Crippen LogP contribution in [0.4, 0.5) is 11.6 Å². The smallest absolute Gasteiger partial charge is 0.176 e. The van der Waals surface area contributed by atoms with Crippen LogP contribution in [0, 0.1) is 0 Å². The second-order valence-electron chi connectivity index (χ2n) is 7.86. The molecule has 156 valence electrons. The van der Waals surface area contributed by atoms with Gasteiger partial charge < -0.3 is 9.47 Å². The Kier molecular flexibility index (Phi) is 5.65. The SMILES string of the molecule is C[C@]1(/C=N/Nc2nnc(N/N=C/[C@]3(C)CCC=CO3)c3ccccc23)CCC=CO1. The number of hydrogen-bond acceptors (Lipinski definition) is 8. The fourth-order valence-corrected chi connectivity index (χ4v) is 3.32. The van der Waals surface area contributed by atoms with Crippen molar-refractivity contribution >= 4 is 34.8 Å². The van der Waals surface area contributed by atoms with E-state index in [0.29, 0.717) is 11.6 Å². The fourth-order valence-electron chi connectivity index (χ4n) is 3.32. The van der Waals surface area contributed by atoms with Crippen molar-refractivity contribution < 1.29 is 9.47 Å². The summed E-state index contributed by atoms with van der Waals surface area (Å²) >= 11 is 0. The molecule has 0 saturated carbocycles. The molecular weight excluding hydrogens is 380 g/mol. The average Bonchev–Trinajstić information content (AvgIpc) is 2.76. The maximum absolute atomic E-state index is 5.67. The predicted octanol–water partition coefficient (Wildman–Crippen LogP) is 4.59. The Hall–Kier alpha value is -3.42. The van der Waals surface area contributed by atoms with Crippen LogP contribution in [0.1, 0.15) is 39.5 Å². The van der Waals surface area contributed by atoms with E-state index in [1.54, 1.807) is 25.0 Å². The van der Waals surface area contributed by atoms with E-state index in [9.17, 15) is 0 Å². The van der Waals surface area contributed by atoms with Gasteiger partial charge in [0, 0.05) is 10.8 Å². The Morgan fingerprint density at radius 1 is 0.833 bits per heavy atom. The van der Waals surface area contributed by atoms with Crippen LogP contribution in [0.25, 0.3) is 10.8 Å². The zero-order valence-corrected chi connectivity index (χ0v) is 17.2. The van der Waals surface area contributed by atoms with Gasteiger partial charge >= 0.3 is 0 Å². The molecule has 0 aliphatic carbocycles. The largest absolute Gasteiger partial charge is 0.490 e. The van der Waals surface area contributed by atoms with Gasteiger partial charge in [-0.3, -0.25) is 10.9 Å². The lowest BCUT2D eigenvalue weighted by Gasteiger charge is -2.27. The van der Waals surface area contributed by atoms with Crippen molar-refractivity contribution in [3.05, 3.63) is 48.9 Å². The van der Waals surface area contributed by atoms with E-state index in [2.05, 4.69) is 31.3 Å². The van der Waals surface area contributed by atoms with Crippen molar-refractivity contribution in [2.75, 3.05) is 10.9 Å². The monoisotopic (exact) mass is 406 g/mol. The van der Waals surface area contributed by atoms with E-state index in [-0.39, 0.29) is 0 Å². The average molecular weight is 406 g/mol. The number of hydrogen-bond donors (Lipinski definition) is 2. The predicted molar refractivity (Wildman–Crippen MR) is 119 cm³/mol. The minimum Gasteiger partial charge on any atom is -0.490 e. The van der Waals surface area contributed by atoms with Crippen LogP contribution >= 0.6 is 0 Å². The normalized spacial score (nSPS) is 26.1. The highest BCUT2D eigenvalue weighted by molar-refractivity contribution is 5.98. The van der Waals surface area contributed by atoms with Crippen LogP contribution in [0.2, 0.25) is 0 Å². The minimum atomic E-state index is -0.423. The molecule has 0 fully saturated rings. The molecule has 2 aliphatic heterocycles. The van der Waals surface area contributed by atoms with Crippen LogP contribution in [0.15, 0.2) is 59.1 Å². The summed E-state index contributed by atoms with van der Waals surface area (Å²) in [5, 5.41) is 19.0. The molecule has 1 aromatic heterocycles. The molecule has 2 atom stereocenters. The summed E-state index contributed by atoms with van der Waals surface area (Å²) in [4.78, 5) is 0. The molecule has 0 radical (unpaired) electrons. The molecule has 8 nitrogen and oxygen atoms in total. The maximum atomic E-state index is 5.67. The number of rotatable bonds is 6. The molecule has 0 spiro atoms. The first kappa shape index (κ1) is 19.9. The number of aromatic nitrogens is 2. The van der Waals surface area contributed by atoms with Gasteiger partial charge in [0.15, 0.2) is 11.6 Å². The lowest BCUT2D eigenvalue weighted by molar-refractivity contribution is 0.0899. The number of anilines is 2. The molecule has 4 rings (SSSR count). The summed E-state index contributed by atoms with van der Waals surface area (Å²) in [6.45, 7) is 4.01. The third kappa shape index (κ3) is 4.59. The second kappa shape index (κ2) is 8.52. The molecule has 2 aromatic rings. The molecule has 1 aromatic carbocycles. The van der Waals surface area contributed by atoms with Crippen molar-refractivity contribution in [3.63, 3.8) is 0 Å². The first-order chi connectivity index (χ1) is 14.6. The second-order valence-corrected chi connectivity index (χ2v) is 7.86. The highest BCUT2D eigenvalue weighted by Crippen LogP contribution is 2.27. The Morgan fingerprint density at radius 3 is 1.70 bits per heavy atom. The van der Waals surface area contributed by atoms with E-state index in [4.69, 9.17) is 9.47 Å². The molecule has 0 bridgehead atoms. The summed E-state index contributed by atoms with van der Waals surface area (Å²) in [5.41, 5.74) is 5.15. The molecule has 2 N–H and O–H groups in total. The van der Waals surface area contributed by atoms with E-state index in [1.807, 2.05) is 50.3 Å². The van der Waals surface area contributed by atoms with Gasteiger partial charge in [-0.25, -0.2) is 0 Å². The maximum Gasteiger partial charge on any atom is 0.176 e. The first-order valence-electron chi connectivity index (χ1n) is 10.1. The number of nitrogens with one attached hydrogen (secondary N) is 2. The van der Waals surface area contributed by atoms with Crippen LogP contribution in [0.5, 0.6) is 0 Å². The Labute approximate surface area is 175 Å². The summed E-state index contributed by atoms with van der Waals surface area (Å²) < 4.78 is 11.3. The van der Waals surface area contributed by atoms with Gasteiger partial charge in [0.1, 0.15) is 11.2 Å². The third-order valence-electron chi connectivity index (χ3n) is 5.19. The molecule has 2 aliphatic rings. The third-order valence-corrected chi connectivity index (χ3v) is 5.19. The van der Waals surface area contributed by atoms with Crippen molar-refractivity contribution in [2.24, 2.45) is 10.2 Å². The summed E-state index contributed by atoms with van der Waals surface area (Å²) in [6.07, 6.45) is 14.7. The van der Waals surface area contributed by atoms with Crippen molar-refractivity contribution in [3.8, 4) is 0 Å². The highest BCUT2D eigenvalue weighted by atomic mass is 16.5. The Bertz CT molecular complexity index is 937. The van der Waals surface area contributed by atoms with E-state index >= 15 is 0 Å². The zero-order valence-electron chi connectivity index (χ0n) is 17.2. The topological polar surface area (TPSA) is 93.0 Å². The van der Waals surface area contributed by atoms with Crippen molar-refractivity contribution in [1.29, 1.82) is 0 Å². The molecule has 8 heteroatoms. The van der Waals surface area contributed by atoms with Crippen LogP contribution < -0.4 is 10.9 Å². The summed E-state index contributed by atoms with van der Waals surface area (Å²) in [7, 11) is 0. The Morgan fingerprint density at radius 2 is 1.30 bits per heavy atom. The fraction of sp³-hybridized carbons (Fsp3) is 0.364. The summed E-state index contributed by atoms with van der Waals surface area (Å²) in [6, 6.07) is 7.83. The molecule has 30 heavy (non-hydrogen) atoms. The first-order valence-corrected chi connectivity index (χ1v) is 10.1. The lowest BCUT2D eigenvalue weighted by atomic mass is 10.00. The number of benzene rings is 1. The molecule has 0 saturated heterocycles.